The molecule has 0 radical (unpaired) electrons. The summed E-state index contributed by atoms with van der Waals surface area (Å²) < 4.78 is 18.7. The van der Waals surface area contributed by atoms with Crippen molar-refractivity contribution in [3.63, 3.8) is 0 Å². The van der Waals surface area contributed by atoms with Gasteiger partial charge in [0.25, 0.3) is 5.91 Å². The van der Waals surface area contributed by atoms with Crippen molar-refractivity contribution in [3.05, 3.63) is 65.5 Å². The number of anilines is 1. The van der Waals surface area contributed by atoms with Crippen molar-refractivity contribution < 1.29 is 18.7 Å². The highest BCUT2D eigenvalue weighted by Crippen LogP contribution is 2.15. The molecule has 1 N–H and O–H groups in total. The van der Waals surface area contributed by atoms with Crippen LogP contribution in [0.5, 0.6) is 0 Å². The minimum Gasteiger partial charge on any atom is -0.452 e. The second-order valence-electron chi connectivity index (χ2n) is 5.21. The van der Waals surface area contributed by atoms with Crippen molar-refractivity contribution in [1.29, 1.82) is 0 Å². The van der Waals surface area contributed by atoms with E-state index in [1.165, 1.54) is 18.0 Å². The molecule has 6 heteroatoms. The van der Waals surface area contributed by atoms with Crippen LogP contribution in [0.4, 0.5) is 10.1 Å². The van der Waals surface area contributed by atoms with Gasteiger partial charge in [-0.25, -0.2) is 9.18 Å². The molecule has 0 spiro atoms. The molecule has 5 nitrogen and oxygen atoms in total. The number of nitrogens with zero attached hydrogens (tertiary/aromatic N) is 1. The van der Waals surface area contributed by atoms with Gasteiger partial charge >= 0.3 is 5.97 Å². The van der Waals surface area contributed by atoms with E-state index in [0.717, 1.165) is 0 Å². The molecule has 2 aromatic carbocycles. The van der Waals surface area contributed by atoms with Crippen molar-refractivity contribution in [2.75, 3.05) is 26.0 Å². The molecule has 0 aliphatic heterocycles. The normalized spacial score (nSPS) is 10.1. The van der Waals surface area contributed by atoms with E-state index in [4.69, 9.17) is 4.74 Å². The van der Waals surface area contributed by atoms with Gasteiger partial charge in [-0.2, -0.15) is 0 Å². The second-order valence-corrected chi connectivity index (χ2v) is 5.21. The molecule has 0 atom stereocenters. The fourth-order valence-corrected chi connectivity index (χ4v) is 2.16. The number of amides is 1. The summed E-state index contributed by atoms with van der Waals surface area (Å²) in [5, 5.41) is 2.89. The van der Waals surface area contributed by atoms with Crippen molar-refractivity contribution >= 4 is 17.6 Å². The summed E-state index contributed by atoms with van der Waals surface area (Å²) in [6.07, 6.45) is 0. The van der Waals surface area contributed by atoms with Crippen LogP contribution in [0.3, 0.4) is 0 Å². The Morgan fingerprint density at radius 3 is 2.50 bits per heavy atom. The van der Waals surface area contributed by atoms with Gasteiger partial charge in [0.2, 0.25) is 0 Å². The molecular formula is C18H19FN2O3. The van der Waals surface area contributed by atoms with E-state index in [2.05, 4.69) is 5.32 Å². The average Bonchev–Trinajstić information content (AvgIpc) is 2.61. The van der Waals surface area contributed by atoms with Gasteiger partial charge in [0.15, 0.2) is 6.61 Å². The number of halogens is 1. The van der Waals surface area contributed by atoms with E-state index in [-0.39, 0.29) is 12.4 Å². The fraction of sp³-hybridized carbons (Fsp3) is 0.222. The summed E-state index contributed by atoms with van der Waals surface area (Å²) in [6.45, 7) is -0.294. The zero-order chi connectivity index (χ0) is 17.5. The van der Waals surface area contributed by atoms with Gasteiger partial charge in [0, 0.05) is 31.9 Å². The maximum atomic E-state index is 13.6. The summed E-state index contributed by atoms with van der Waals surface area (Å²) in [4.78, 5) is 25.4. The van der Waals surface area contributed by atoms with Crippen LogP contribution in [0.25, 0.3) is 0 Å². The van der Waals surface area contributed by atoms with Crippen molar-refractivity contribution in [2.24, 2.45) is 0 Å². The maximum absolute atomic E-state index is 13.6. The largest absolute Gasteiger partial charge is 0.452 e. The Morgan fingerprint density at radius 2 is 1.79 bits per heavy atom. The third-order valence-corrected chi connectivity index (χ3v) is 3.53. The number of rotatable bonds is 6. The van der Waals surface area contributed by atoms with Crippen molar-refractivity contribution in [1.82, 2.24) is 4.90 Å². The fourth-order valence-electron chi connectivity index (χ4n) is 2.16. The van der Waals surface area contributed by atoms with Gasteiger partial charge in [-0.05, 0) is 18.2 Å². The molecule has 0 aliphatic rings. The average molecular weight is 330 g/mol. The van der Waals surface area contributed by atoms with Crippen LogP contribution in [0.15, 0.2) is 48.5 Å². The minimum atomic E-state index is -0.590. The summed E-state index contributed by atoms with van der Waals surface area (Å²) in [5.41, 5.74) is 1.37. The summed E-state index contributed by atoms with van der Waals surface area (Å²) in [7, 11) is 3.23. The third kappa shape index (κ3) is 4.32. The molecule has 0 aromatic heterocycles. The first kappa shape index (κ1) is 17.5. The van der Waals surface area contributed by atoms with Gasteiger partial charge in [-0.3, -0.25) is 4.79 Å². The van der Waals surface area contributed by atoms with E-state index >= 15 is 0 Å². The summed E-state index contributed by atoms with van der Waals surface area (Å²) in [5.74, 6) is -1.38. The summed E-state index contributed by atoms with van der Waals surface area (Å²) >= 11 is 0. The lowest BCUT2D eigenvalue weighted by Gasteiger charge is -2.17. The van der Waals surface area contributed by atoms with Crippen LogP contribution >= 0.6 is 0 Å². The van der Waals surface area contributed by atoms with Crippen LogP contribution in [0.2, 0.25) is 0 Å². The lowest BCUT2D eigenvalue weighted by molar-refractivity contribution is -0.133. The maximum Gasteiger partial charge on any atom is 0.340 e. The van der Waals surface area contributed by atoms with Gasteiger partial charge in [0.05, 0.1) is 5.56 Å². The van der Waals surface area contributed by atoms with Crippen molar-refractivity contribution in [3.8, 4) is 0 Å². The minimum absolute atomic E-state index is 0.107. The zero-order valence-corrected chi connectivity index (χ0v) is 13.6. The quantitative estimate of drug-likeness (QED) is 0.828. The van der Waals surface area contributed by atoms with Crippen molar-refractivity contribution in [2.45, 2.75) is 6.54 Å². The standard InChI is InChI=1S/C18H19FN2O3/c1-20-16-10-6-4-8-14(16)18(23)24-12-17(22)21(2)11-13-7-3-5-9-15(13)19/h3-10,20H,11-12H2,1-2H3. The SMILES string of the molecule is CNc1ccccc1C(=O)OCC(=O)N(C)Cc1ccccc1F. The van der Waals surface area contributed by atoms with Crippen LogP contribution in [-0.4, -0.2) is 37.5 Å². The Hall–Kier alpha value is -2.89. The third-order valence-electron chi connectivity index (χ3n) is 3.53. The van der Waals surface area contributed by atoms with Crippen LogP contribution < -0.4 is 5.32 Å². The lowest BCUT2D eigenvalue weighted by atomic mass is 10.2. The predicted molar refractivity (Wildman–Crippen MR) is 89.1 cm³/mol. The number of esters is 1. The molecule has 2 rings (SSSR count). The molecular weight excluding hydrogens is 311 g/mol. The number of nitrogens with one attached hydrogen (secondary N) is 1. The molecule has 0 fully saturated rings. The molecule has 0 heterocycles. The van der Waals surface area contributed by atoms with Crippen LogP contribution in [-0.2, 0) is 16.1 Å². The highest BCUT2D eigenvalue weighted by Gasteiger charge is 2.16. The molecule has 0 saturated carbocycles. The second kappa shape index (κ2) is 8.10. The Bertz CT molecular complexity index is 734. The number of benzene rings is 2. The Balaban J connectivity index is 1.92. The van der Waals surface area contributed by atoms with Gasteiger partial charge in [0.1, 0.15) is 5.82 Å². The molecule has 0 bridgehead atoms. The zero-order valence-electron chi connectivity index (χ0n) is 13.6. The number of carbonyl (C=O) groups is 2. The molecule has 2 aromatic rings. The Kier molecular flexibility index (Phi) is 5.89. The van der Waals surface area contributed by atoms with Crippen LogP contribution in [0.1, 0.15) is 15.9 Å². The van der Waals surface area contributed by atoms with Gasteiger partial charge in [-0.1, -0.05) is 30.3 Å². The Morgan fingerprint density at radius 1 is 1.12 bits per heavy atom. The van der Waals surface area contributed by atoms with E-state index in [1.54, 1.807) is 49.5 Å². The molecule has 1 amide bonds. The molecule has 0 saturated heterocycles. The van der Waals surface area contributed by atoms with Gasteiger partial charge < -0.3 is 15.0 Å². The number of ether oxygens (including phenoxy) is 1. The topological polar surface area (TPSA) is 58.6 Å². The molecule has 0 unspecified atom stereocenters. The monoisotopic (exact) mass is 330 g/mol. The van der Waals surface area contributed by atoms with E-state index in [1.807, 2.05) is 0 Å². The smallest absolute Gasteiger partial charge is 0.340 e. The Labute approximate surface area is 140 Å². The lowest BCUT2D eigenvalue weighted by Crippen LogP contribution is -2.31. The first-order valence-corrected chi connectivity index (χ1v) is 7.44. The van der Waals surface area contributed by atoms with Crippen LogP contribution in [0, 0.1) is 5.82 Å². The van der Waals surface area contributed by atoms with E-state index in [9.17, 15) is 14.0 Å². The number of likely N-dealkylation sites (N-methyl/N-ethyl adjacent to an activating group) is 1. The number of hydrogen-bond donors (Lipinski definition) is 1. The predicted octanol–water partition coefficient (Wildman–Crippen LogP) is 2.68. The van der Waals surface area contributed by atoms with E-state index in [0.29, 0.717) is 16.8 Å². The highest BCUT2D eigenvalue weighted by molar-refractivity contribution is 5.96. The van der Waals surface area contributed by atoms with E-state index < -0.39 is 18.5 Å². The number of para-hydroxylation sites is 1. The first-order valence-electron chi connectivity index (χ1n) is 7.44. The first-order chi connectivity index (χ1) is 11.5. The van der Waals surface area contributed by atoms with Gasteiger partial charge in [-0.15, -0.1) is 0 Å². The summed E-state index contributed by atoms with van der Waals surface area (Å²) in [6, 6.07) is 13.1. The molecule has 0 aliphatic carbocycles. The number of hydrogen-bond acceptors (Lipinski definition) is 4. The number of carbonyl (C=O) groups excluding carboxylic acids is 2. The molecule has 126 valence electrons. The molecule has 24 heavy (non-hydrogen) atoms. The highest BCUT2D eigenvalue weighted by atomic mass is 19.1.